The SMILES string of the molecule is COc1ccc(F)cc1C1CC1CNCc1sccc1OC.Cl. The summed E-state index contributed by atoms with van der Waals surface area (Å²) >= 11 is 1.69. The summed E-state index contributed by atoms with van der Waals surface area (Å²) in [4.78, 5) is 1.21. The average Bonchev–Trinajstić information content (AvgIpc) is 3.15. The van der Waals surface area contributed by atoms with Gasteiger partial charge in [-0.05, 0) is 54.4 Å². The normalized spacial score (nSPS) is 19.1. The van der Waals surface area contributed by atoms with Gasteiger partial charge in [-0.3, -0.25) is 0 Å². The molecular formula is C17H21ClFNO2S. The van der Waals surface area contributed by atoms with Gasteiger partial charge < -0.3 is 14.8 Å². The number of ether oxygens (including phenoxy) is 2. The van der Waals surface area contributed by atoms with Crippen LogP contribution in [-0.4, -0.2) is 20.8 Å². The first kappa shape index (κ1) is 18.0. The van der Waals surface area contributed by atoms with Crippen molar-refractivity contribution in [1.82, 2.24) is 5.32 Å². The Bertz CT molecular complexity index is 649. The minimum atomic E-state index is -0.197. The van der Waals surface area contributed by atoms with Gasteiger partial charge in [0.05, 0.1) is 19.1 Å². The van der Waals surface area contributed by atoms with Gasteiger partial charge >= 0.3 is 0 Å². The lowest BCUT2D eigenvalue weighted by Crippen LogP contribution is -2.16. The fourth-order valence-electron chi connectivity index (χ4n) is 2.86. The molecule has 0 amide bonds. The van der Waals surface area contributed by atoms with Crippen molar-refractivity contribution in [3.05, 3.63) is 45.9 Å². The number of nitrogens with one attached hydrogen (secondary N) is 1. The Hall–Kier alpha value is -1.30. The quantitative estimate of drug-likeness (QED) is 0.804. The summed E-state index contributed by atoms with van der Waals surface area (Å²) in [6.45, 7) is 1.73. The predicted octanol–water partition coefficient (Wildman–Crippen LogP) is 4.22. The molecule has 0 bridgehead atoms. The van der Waals surface area contributed by atoms with Crippen molar-refractivity contribution in [3.8, 4) is 11.5 Å². The van der Waals surface area contributed by atoms with Crippen LogP contribution in [0.2, 0.25) is 0 Å². The zero-order valence-corrected chi connectivity index (χ0v) is 14.8. The second-order valence-electron chi connectivity index (χ2n) is 5.53. The highest BCUT2D eigenvalue weighted by Crippen LogP contribution is 2.50. The van der Waals surface area contributed by atoms with Crippen LogP contribution in [0.25, 0.3) is 0 Å². The van der Waals surface area contributed by atoms with Gasteiger partial charge in [0.2, 0.25) is 0 Å². The van der Waals surface area contributed by atoms with E-state index >= 15 is 0 Å². The van der Waals surface area contributed by atoms with Gasteiger partial charge in [0, 0.05) is 12.1 Å². The number of thiophene rings is 1. The summed E-state index contributed by atoms with van der Waals surface area (Å²) in [6.07, 6.45) is 1.08. The highest BCUT2D eigenvalue weighted by Gasteiger charge is 2.39. The Morgan fingerprint density at radius 1 is 1.22 bits per heavy atom. The van der Waals surface area contributed by atoms with E-state index in [1.165, 1.54) is 10.9 Å². The third-order valence-electron chi connectivity index (χ3n) is 4.13. The maximum absolute atomic E-state index is 13.4. The second kappa shape index (κ2) is 7.99. The van der Waals surface area contributed by atoms with Crippen LogP contribution in [0.1, 0.15) is 22.8 Å². The molecule has 23 heavy (non-hydrogen) atoms. The summed E-state index contributed by atoms with van der Waals surface area (Å²) in [5.41, 5.74) is 0.989. The van der Waals surface area contributed by atoms with Gasteiger partial charge in [-0.25, -0.2) is 4.39 Å². The van der Waals surface area contributed by atoms with Gasteiger partial charge in [0.15, 0.2) is 0 Å². The first-order valence-electron chi connectivity index (χ1n) is 7.37. The van der Waals surface area contributed by atoms with Gasteiger partial charge in [0.1, 0.15) is 17.3 Å². The molecule has 1 N–H and O–H groups in total. The molecule has 3 rings (SSSR count). The first-order valence-corrected chi connectivity index (χ1v) is 8.25. The molecule has 0 radical (unpaired) electrons. The molecule has 3 nitrogen and oxygen atoms in total. The number of rotatable bonds is 7. The van der Waals surface area contributed by atoms with Crippen LogP contribution in [0.5, 0.6) is 11.5 Å². The highest BCUT2D eigenvalue weighted by atomic mass is 35.5. The summed E-state index contributed by atoms with van der Waals surface area (Å²) in [5, 5.41) is 5.51. The number of methoxy groups -OCH3 is 2. The van der Waals surface area contributed by atoms with Gasteiger partial charge in [0.25, 0.3) is 0 Å². The second-order valence-corrected chi connectivity index (χ2v) is 6.53. The number of hydrogen-bond acceptors (Lipinski definition) is 4. The molecule has 2 aromatic rings. The van der Waals surface area contributed by atoms with Crippen molar-refractivity contribution in [1.29, 1.82) is 0 Å². The van der Waals surface area contributed by atoms with Crippen molar-refractivity contribution >= 4 is 23.7 Å². The highest BCUT2D eigenvalue weighted by molar-refractivity contribution is 7.10. The van der Waals surface area contributed by atoms with E-state index in [1.807, 2.05) is 11.4 Å². The van der Waals surface area contributed by atoms with E-state index < -0.39 is 0 Å². The van der Waals surface area contributed by atoms with E-state index in [1.54, 1.807) is 37.7 Å². The fourth-order valence-corrected chi connectivity index (χ4v) is 3.67. The van der Waals surface area contributed by atoms with E-state index in [4.69, 9.17) is 9.47 Å². The lowest BCUT2D eigenvalue weighted by Gasteiger charge is -2.09. The Kier molecular flexibility index (Phi) is 6.27. The minimum Gasteiger partial charge on any atom is -0.496 e. The monoisotopic (exact) mass is 357 g/mol. The summed E-state index contributed by atoms with van der Waals surface area (Å²) in [6, 6.07) is 6.75. The number of hydrogen-bond donors (Lipinski definition) is 1. The number of halogens is 2. The molecule has 1 aromatic heterocycles. The van der Waals surface area contributed by atoms with Gasteiger partial charge in [-0.15, -0.1) is 23.7 Å². The molecule has 1 saturated carbocycles. The van der Waals surface area contributed by atoms with Crippen molar-refractivity contribution in [2.24, 2.45) is 5.92 Å². The molecule has 1 aliphatic rings. The summed E-state index contributed by atoms with van der Waals surface area (Å²) in [7, 11) is 3.33. The Morgan fingerprint density at radius 3 is 2.74 bits per heavy atom. The Morgan fingerprint density at radius 2 is 2.00 bits per heavy atom. The van der Waals surface area contributed by atoms with Crippen LogP contribution in [0.3, 0.4) is 0 Å². The van der Waals surface area contributed by atoms with Gasteiger partial charge in [-0.1, -0.05) is 0 Å². The van der Waals surface area contributed by atoms with Crippen molar-refractivity contribution < 1.29 is 13.9 Å². The topological polar surface area (TPSA) is 30.5 Å². The van der Waals surface area contributed by atoms with Crippen molar-refractivity contribution in [3.63, 3.8) is 0 Å². The first-order chi connectivity index (χ1) is 10.7. The van der Waals surface area contributed by atoms with Crippen molar-refractivity contribution in [2.45, 2.75) is 18.9 Å². The Balaban J connectivity index is 0.00000192. The molecule has 2 unspecified atom stereocenters. The third-order valence-corrected chi connectivity index (χ3v) is 5.03. The molecule has 1 aromatic carbocycles. The lowest BCUT2D eigenvalue weighted by molar-refractivity contribution is 0.407. The molecular weight excluding hydrogens is 337 g/mol. The molecule has 1 aliphatic carbocycles. The van der Waals surface area contributed by atoms with Crippen LogP contribution in [0.4, 0.5) is 4.39 Å². The maximum Gasteiger partial charge on any atom is 0.134 e. The molecule has 2 atom stereocenters. The molecule has 1 heterocycles. The molecule has 0 spiro atoms. The van der Waals surface area contributed by atoms with Gasteiger partial charge in [-0.2, -0.15) is 0 Å². The predicted molar refractivity (Wildman–Crippen MR) is 93.6 cm³/mol. The van der Waals surface area contributed by atoms with Crippen LogP contribution in [0, 0.1) is 11.7 Å². The van der Waals surface area contributed by atoms with E-state index in [-0.39, 0.29) is 18.2 Å². The fraction of sp³-hybridized carbons (Fsp3) is 0.412. The van der Waals surface area contributed by atoms with E-state index in [0.717, 1.165) is 36.6 Å². The largest absolute Gasteiger partial charge is 0.496 e. The maximum atomic E-state index is 13.4. The summed E-state index contributed by atoms with van der Waals surface area (Å²) in [5.74, 6) is 2.47. The van der Waals surface area contributed by atoms with Crippen LogP contribution in [0.15, 0.2) is 29.6 Å². The van der Waals surface area contributed by atoms with Crippen LogP contribution >= 0.6 is 23.7 Å². The number of benzene rings is 1. The molecule has 126 valence electrons. The standard InChI is InChI=1S/C17H20FNO2S.ClH/c1-20-15-4-3-12(18)8-14(15)13-7-11(13)9-19-10-17-16(21-2)5-6-22-17;/h3-6,8,11,13,19H,7,9-10H2,1-2H3;1H. The van der Waals surface area contributed by atoms with E-state index in [0.29, 0.717) is 11.8 Å². The average molecular weight is 358 g/mol. The molecule has 1 fully saturated rings. The molecule has 0 aliphatic heterocycles. The van der Waals surface area contributed by atoms with E-state index in [9.17, 15) is 4.39 Å². The third kappa shape index (κ3) is 4.16. The molecule has 6 heteroatoms. The Labute approximate surface area is 146 Å². The van der Waals surface area contributed by atoms with Crippen LogP contribution < -0.4 is 14.8 Å². The summed E-state index contributed by atoms with van der Waals surface area (Å²) < 4.78 is 24.1. The smallest absolute Gasteiger partial charge is 0.134 e. The minimum absolute atomic E-state index is 0. The molecule has 0 saturated heterocycles. The van der Waals surface area contributed by atoms with Crippen molar-refractivity contribution in [2.75, 3.05) is 20.8 Å². The zero-order valence-electron chi connectivity index (χ0n) is 13.2. The van der Waals surface area contributed by atoms with Crippen LogP contribution in [-0.2, 0) is 6.54 Å². The zero-order chi connectivity index (χ0) is 15.5. The lowest BCUT2D eigenvalue weighted by atomic mass is 10.1. The van der Waals surface area contributed by atoms with E-state index in [2.05, 4.69) is 5.32 Å².